The van der Waals surface area contributed by atoms with Crippen molar-refractivity contribution in [3.05, 3.63) is 54.6 Å². The summed E-state index contributed by atoms with van der Waals surface area (Å²) in [5, 5.41) is 1.85. The summed E-state index contributed by atoms with van der Waals surface area (Å²) in [6, 6.07) is 3.21. The lowest BCUT2D eigenvalue weighted by atomic mass is 10.1. The van der Waals surface area contributed by atoms with E-state index in [1.54, 1.807) is 11.3 Å². The van der Waals surface area contributed by atoms with Crippen LogP contribution >= 0.6 is 22.7 Å². The van der Waals surface area contributed by atoms with E-state index in [1.165, 1.54) is 21.8 Å². The lowest BCUT2D eigenvalue weighted by Gasteiger charge is -2.05. The number of aromatic nitrogens is 2. The number of fused-ring (bicyclic) bond motifs is 1. The standard InChI is InChI=1S/C18H18N2O4S2/c1-10-9-25-18-19-13(7-16(22)20(10)18)8-24-17(23)5-4-15(21)14-6-11(2)26-12(14)3/h6-7,9H,4-5,8H2,1-3H3. The normalized spacial score (nSPS) is 11.0. The molecule has 0 bridgehead atoms. The van der Waals surface area contributed by atoms with E-state index in [2.05, 4.69) is 4.98 Å². The number of thiophene rings is 1. The molecule has 0 fully saturated rings. The Labute approximate surface area is 158 Å². The Hall–Kier alpha value is -2.32. The predicted molar refractivity (Wildman–Crippen MR) is 101 cm³/mol. The van der Waals surface area contributed by atoms with Gasteiger partial charge in [0.15, 0.2) is 10.7 Å². The van der Waals surface area contributed by atoms with E-state index in [0.717, 1.165) is 15.4 Å². The number of Topliss-reactive ketones (excluding diaryl/α,β-unsaturated/α-hetero) is 1. The fourth-order valence-electron chi connectivity index (χ4n) is 2.66. The molecule has 0 saturated heterocycles. The van der Waals surface area contributed by atoms with Crippen LogP contribution in [-0.4, -0.2) is 21.1 Å². The van der Waals surface area contributed by atoms with Crippen molar-refractivity contribution < 1.29 is 14.3 Å². The molecule has 3 aromatic rings. The summed E-state index contributed by atoms with van der Waals surface area (Å²) in [6.07, 6.45) is 0.113. The van der Waals surface area contributed by atoms with Crippen LogP contribution in [0.3, 0.4) is 0 Å². The van der Waals surface area contributed by atoms with Gasteiger partial charge in [0.05, 0.1) is 12.1 Å². The van der Waals surface area contributed by atoms with E-state index >= 15 is 0 Å². The first kappa shape index (κ1) is 18.5. The van der Waals surface area contributed by atoms with Gasteiger partial charge in [-0.05, 0) is 26.8 Å². The molecule has 0 radical (unpaired) electrons. The van der Waals surface area contributed by atoms with E-state index in [1.807, 2.05) is 32.2 Å². The third-order valence-corrected chi connectivity index (χ3v) is 5.82. The highest BCUT2D eigenvalue weighted by atomic mass is 32.1. The van der Waals surface area contributed by atoms with Gasteiger partial charge in [0.1, 0.15) is 6.61 Å². The maximum Gasteiger partial charge on any atom is 0.306 e. The molecule has 26 heavy (non-hydrogen) atoms. The largest absolute Gasteiger partial charge is 0.459 e. The van der Waals surface area contributed by atoms with Crippen LogP contribution in [0.1, 0.15) is 44.3 Å². The molecule has 0 amide bonds. The average molecular weight is 390 g/mol. The van der Waals surface area contributed by atoms with Crippen LogP contribution in [0.4, 0.5) is 0 Å². The number of hydrogen-bond donors (Lipinski definition) is 0. The minimum Gasteiger partial charge on any atom is -0.459 e. The Bertz CT molecular complexity index is 1050. The summed E-state index contributed by atoms with van der Waals surface area (Å²) >= 11 is 2.93. The maximum absolute atomic E-state index is 12.2. The molecule has 136 valence electrons. The molecule has 0 aliphatic heterocycles. The highest BCUT2D eigenvalue weighted by molar-refractivity contribution is 7.15. The summed E-state index contributed by atoms with van der Waals surface area (Å²) in [6.45, 7) is 5.60. The van der Waals surface area contributed by atoms with Crippen molar-refractivity contribution in [3.8, 4) is 0 Å². The first-order valence-corrected chi connectivity index (χ1v) is 9.77. The van der Waals surface area contributed by atoms with Gasteiger partial charge in [-0.1, -0.05) is 0 Å². The molecule has 0 aliphatic carbocycles. The second-order valence-corrected chi connectivity index (χ2v) is 8.29. The van der Waals surface area contributed by atoms with Crippen LogP contribution in [0, 0.1) is 20.8 Å². The summed E-state index contributed by atoms with van der Waals surface area (Å²) in [5.41, 5.74) is 1.70. The van der Waals surface area contributed by atoms with Crippen molar-refractivity contribution in [3.63, 3.8) is 0 Å². The molecule has 3 rings (SSSR count). The zero-order valence-corrected chi connectivity index (χ0v) is 16.3. The molecule has 0 atom stereocenters. The van der Waals surface area contributed by atoms with Gasteiger partial charge >= 0.3 is 5.97 Å². The highest BCUT2D eigenvalue weighted by Crippen LogP contribution is 2.22. The Kier molecular flexibility index (Phi) is 5.33. The number of thiazole rings is 1. The molecule has 0 saturated carbocycles. The number of nitrogens with zero attached hydrogens (tertiary/aromatic N) is 2. The predicted octanol–water partition coefficient (Wildman–Crippen LogP) is 3.45. The van der Waals surface area contributed by atoms with Gasteiger partial charge in [-0.2, -0.15) is 0 Å². The summed E-state index contributed by atoms with van der Waals surface area (Å²) in [5.74, 6) is -0.539. The highest BCUT2D eigenvalue weighted by Gasteiger charge is 2.15. The fraction of sp³-hybridized carbons (Fsp3) is 0.333. The van der Waals surface area contributed by atoms with E-state index in [0.29, 0.717) is 16.2 Å². The number of ether oxygens (including phenoxy) is 1. The number of ketones is 1. The first-order valence-electron chi connectivity index (χ1n) is 8.08. The minimum absolute atomic E-state index is 0.00645. The van der Waals surface area contributed by atoms with E-state index in [4.69, 9.17) is 4.74 Å². The van der Waals surface area contributed by atoms with Gasteiger partial charge in [0, 0.05) is 38.9 Å². The van der Waals surface area contributed by atoms with Crippen LogP contribution in [0.15, 0.2) is 22.3 Å². The molecule has 3 aromatic heterocycles. The van der Waals surface area contributed by atoms with Crippen LogP contribution in [-0.2, 0) is 16.1 Å². The Morgan fingerprint density at radius 3 is 2.65 bits per heavy atom. The first-order chi connectivity index (χ1) is 12.3. The third kappa shape index (κ3) is 3.91. The molecule has 3 heterocycles. The molecule has 0 N–H and O–H groups in total. The van der Waals surface area contributed by atoms with E-state index in [9.17, 15) is 14.4 Å². The number of aryl methyl sites for hydroxylation is 3. The van der Waals surface area contributed by atoms with Crippen molar-refractivity contribution in [1.29, 1.82) is 0 Å². The molecule has 0 aliphatic rings. The average Bonchev–Trinajstić information content (AvgIpc) is 3.13. The molecular weight excluding hydrogens is 372 g/mol. The SMILES string of the molecule is Cc1cc(C(=O)CCC(=O)OCc2cc(=O)n3c(C)csc3n2)c(C)s1. The third-order valence-electron chi connectivity index (χ3n) is 3.91. The van der Waals surface area contributed by atoms with E-state index < -0.39 is 5.97 Å². The zero-order valence-electron chi connectivity index (χ0n) is 14.7. The number of hydrogen-bond acceptors (Lipinski definition) is 7. The van der Waals surface area contributed by atoms with Crippen LogP contribution in [0.2, 0.25) is 0 Å². The fourth-order valence-corrected chi connectivity index (χ4v) is 4.49. The topological polar surface area (TPSA) is 77.7 Å². The lowest BCUT2D eigenvalue weighted by molar-refractivity contribution is -0.145. The quantitative estimate of drug-likeness (QED) is 0.476. The van der Waals surface area contributed by atoms with E-state index in [-0.39, 0.29) is 30.8 Å². The van der Waals surface area contributed by atoms with Crippen molar-refractivity contribution in [2.45, 2.75) is 40.2 Å². The monoisotopic (exact) mass is 390 g/mol. The Morgan fingerprint density at radius 1 is 1.19 bits per heavy atom. The summed E-state index contributed by atoms with van der Waals surface area (Å²) in [4.78, 5) is 43.1. The molecule has 0 spiro atoms. The number of carbonyl (C=O) groups excluding carboxylic acids is 2. The van der Waals surface area contributed by atoms with Gasteiger partial charge in [-0.25, -0.2) is 4.98 Å². The second kappa shape index (κ2) is 7.51. The van der Waals surface area contributed by atoms with Gasteiger partial charge in [-0.3, -0.25) is 18.8 Å². The Morgan fingerprint density at radius 2 is 1.96 bits per heavy atom. The minimum atomic E-state index is -0.479. The maximum atomic E-state index is 12.2. The zero-order chi connectivity index (χ0) is 18.8. The molecule has 8 heteroatoms. The van der Waals surface area contributed by atoms with Crippen molar-refractivity contribution >= 4 is 39.4 Å². The molecule has 6 nitrogen and oxygen atoms in total. The number of esters is 1. The van der Waals surface area contributed by atoms with Gasteiger partial charge in [0.25, 0.3) is 5.56 Å². The lowest BCUT2D eigenvalue weighted by Crippen LogP contribution is -2.16. The van der Waals surface area contributed by atoms with Gasteiger partial charge in [0.2, 0.25) is 0 Å². The number of rotatable bonds is 6. The molecule has 0 aromatic carbocycles. The van der Waals surface area contributed by atoms with Crippen LogP contribution in [0.25, 0.3) is 4.96 Å². The van der Waals surface area contributed by atoms with Crippen molar-refractivity contribution in [1.82, 2.24) is 9.38 Å². The van der Waals surface area contributed by atoms with Crippen LogP contribution < -0.4 is 5.56 Å². The van der Waals surface area contributed by atoms with Gasteiger partial charge in [-0.15, -0.1) is 22.7 Å². The molecule has 0 unspecified atom stereocenters. The second-order valence-electron chi connectivity index (χ2n) is 5.99. The molecular formula is C18H18N2O4S2. The summed E-state index contributed by atoms with van der Waals surface area (Å²) in [7, 11) is 0. The smallest absolute Gasteiger partial charge is 0.306 e. The Balaban J connectivity index is 1.57. The van der Waals surface area contributed by atoms with Crippen molar-refractivity contribution in [2.75, 3.05) is 0 Å². The van der Waals surface area contributed by atoms with Crippen molar-refractivity contribution in [2.24, 2.45) is 0 Å². The van der Waals surface area contributed by atoms with Gasteiger partial charge < -0.3 is 4.74 Å². The number of carbonyl (C=O) groups is 2. The van der Waals surface area contributed by atoms with Crippen LogP contribution in [0.5, 0.6) is 0 Å². The summed E-state index contributed by atoms with van der Waals surface area (Å²) < 4.78 is 6.68.